The first-order valence-corrected chi connectivity index (χ1v) is 7.98. The van der Waals surface area contributed by atoms with Gasteiger partial charge in [-0.1, -0.05) is 13.8 Å². The molecule has 0 spiro atoms. The average Bonchev–Trinajstić information content (AvgIpc) is 2.84. The number of nitrogens with one attached hydrogen (secondary N) is 1. The minimum absolute atomic E-state index is 0.506. The van der Waals surface area contributed by atoms with Crippen molar-refractivity contribution in [1.82, 2.24) is 5.32 Å². The number of rotatable bonds is 7. The molecule has 1 aromatic carbocycles. The van der Waals surface area contributed by atoms with Gasteiger partial charge in [0.2, 0.25) is 0 Å². The maximum Gasteiger partial charge on any atom is 0.120 e. The third-order valence-corrected chi connectivity index (χ3v) is 4.30. The highest BCUT2D eigenvalue weighted by molar-refractivity contribution is 7.12. The summed E-state index contributed by atoms with van der Waals surface area (Å²) in [4.78, 5) is 2.68. The monoisotopic (exact) mass is 305 g/mol. The Morgan fingerprint density at radius 1 is 1.14 bits per heavy atom. The van der Waals surface area contributed by atoms with Crippen molar-refractivity contribution in [2.75, 3.05) is 7.11 Å². The van der Waals surface area contributed by atoms with Crippen molar-refractivity contribution in [3.05, 3.63) is 45.6 Å². The van der Waals surface area contributed by atoms with Gasteiger partial charge in [-0.2, -0.15) is 0 Å². The number of benzene rings is 1. The maximum atomic E-state index is 5.84. The van der Waals surface area contributed by atoms with Crippen LogP contribution in [0.5, 0.6) is 11.5 Å². The van der Waals surface area contributed by atoms with E-state index < -0.39 is 0 Å². The molecular weight excluding hydrogens is 282 g/mol. The highest BCUT2D eigenvalue weighted by Crippen LogP contribution is 2.24. The lowest BCUT2D eigenvalue weighted by molar-refractivity contribution is 0.305. The molecule has 0 aliphatic heterocycles. The van der Waals surface area contributed by atoms with E-state index in [-0.39, 0.29) is 0 Å². The van der Waals surface area contributed by atoms with Crippen LogP contribution in [0, 0.1) is 6.92 Å². The minimum Gasteiger partial charge on any atom is -0.497 e. The summed E-state index contributed by atoms with van der Waals surface area (Å²) in [5.41, 5.74) is 1.26. The first-order chi connectivity index (χ1) is 10.1. The SMILES string of the molecule is COc1ccc(OCc2cc(CNC(C)C)sc2C)cc1. The van der Waals surface area contributed by atoms with Crippen molar-refractivity contribution >= 4 is 11.3 Å². The van der Waals surface area contributed by atoms with Crippen molar-refractivity contribution in [2.45, 2.75) is 40.0 Å². The molecule has 1 N–H and O–H groups in total. The normalized spacial score (nSPS) is 10.9. The van der Waals surface area contributed by atoms with Gasteiger partial charge in [-0.3, -0.25) is 0 Å². The number of hydrogen-bond acceptors (Lipinski definition) is 4. The molecule has 2 aromatic rings. The second kappa shape index (κ2) is 7.48. The summed E-state index contributed by atoms with van der Waals surface area (Å²) in [6.07, 6.45) is 0. The van der Waals surface area contributed by atoms with Crippen LogP contribution in [0.15, 0.2) is 30.3 Å². The van der Waals surface area contributed by atoms with Gasteiger partial charge < -0.3 is 14.8 Å². The minimum atomic E-state index is 0.506. The Morgan fingerprint density at radius 3 is 2.43 bits per heavy atom. The summed E-state index contributed by atoms with van der Waals surface area (Å²) in [5, 5.41) is 3.44. The Kier molecular flexibility index (Phi) is 5.65. The standard InChI is InChI=1S/C17H23NO2S/c1-12(2)18-10-17-9-14(13(3)21-17)11-20-16-7-5-15(19-4)6-8-16/h5-9,12,18H,10-11H2,1-4H3. The zero-order chi connectivity index (χ0) is 15.2. The van der Waals surface area contributed by atoms with Crippen LogP contribution in [-0.4, -0.2) is 13.2 Å². The molecule has 0 saturated carbocycles. The van der Waals surface area contributed by atoms with Gasteiger partial charge in [-0.15, -0.1) is 11.3 Å². The number of methoxy groups -OCH3 is 1. The first kappa shape index (κ1) is 15.9. The second-order valence-corrected chi connectivity index (χ2v) is 6.63. The number of hydrogen-bond donors (Lipinski definition) is 1. The fraction of sp³-hybridized carbons (Fsp3) is 0.412. The van der Waals surface area contributed by atoms with Crippen molar-refractivity contribution in [3.8, 4) is 11.5 Å². The Bertz CT molecular complexity index is 561. The lowest BCUT2D eigenvalue weighted by atomic mass is 10.2. The highest BCUT2D eigenvalue weighted by Gasteiger charge is 2.07. The molecule has 0 unspecified atom stereocenters. The summed E-state index contributed by atoms with van der Waals surface area (Å²) in [7, 11) is 1.66. The zero-order valence-corrected chi connectivity index (χ0v) is 13.9. The largest absolute Gasteiger partial charge is 0.497 e. The van der Waals surface area contributed by atoms with Gasteiger partial charge in [-0.25, -0.2) is 0 Å². The summed E-state index contributed by atoms with van der Waals surface area (Å²) in [6, 6.07) is 10.4. The molecule has 0 atom stereocenters. The van der Waals surface area contributed by atoms with E-state index in [4.69, 9.17) is 9.47 Å². The highest BCUT2D eigenvalue weighted by atomic mass is 32.1. The topological polar surface area (TPSA) is 30.5 Å². The lowest BCUT2D eigenvalue weighted by Gasteiger charge is -2.07. The van der Waals surface area contributed by atoms with E-state index in [1.807, 2.05) is 35.6 Å². The van der Waals surface area contributed by atoms with Crippen molar-refractivity contribution in [3.63, 3.8) is 0 Å². The van der Waals surface area contributed by atoms with Crippen LogP contribution in [0.25, 0.3) is 0 Å². The van der Waals surface area contributed by atoms with E-state index in [2.05, 4.69) is 32.2 Å². The average molecular weight is 305 g/mol. The summed E-state index contributed by atoms with van der Waals surface area (Å²) in [5.74, 6) is 1.71. The second-order valence-electron chi connectivity index (χ2n) is 5.29. The molecule has 0 aliphatic rings. The molecule has 21 heavy (non-hydrogen) atoms. The van der Waals surface area contributed by atoms with Gasteiger partial charge in [0, 0.05) is 27.9 Å². The van der Waals surface area contributed by atoms with E-state index >= 15 is 0 Å². The van der Waals surface area contributed by atoms with E-state index in [1.54, 1.807) is 7.11 Å². The van der Waals surface area contributed by atoms with Crippen molar-refractivity contribution in [2.24, 2.45) is 0 Å². The molecule has 0 radical (unpaired) electrons. The van der Waals surface area contributed by atoms with E-state index in [9.17, 15) is 0 Å². The van der Waals surface area contributed by atoms with Gasteiger partial charge >= 0.3 is 0 Å². The van der Waals surface area contributed by atoms with Crippen LogP contribution in [0.3, 0.4) is 0 Å². The fourth-order valence-electron chi connectivity index (χ4n) is 1.96. The summed E-state index contributed by atoms with van der Waals surface area (Å²) in [6.45, 7) is 8.00. The molecule has 2 rings (SSSR count). The molecule has 3 nitrogen and oxygen atoms in total. The van der Waals surface area contributed by atoms with Gasteiger partial charge in [-0.05, 0) is 37.3 Å². The van der Waals surface area contributed by atoms with Crippen LogP contribution in [-0.2, 0) is 13.2 Å². The predicted molar refractivity (Wildman–Crippen MR) is 88.4 cm³/mol. The molecule has 0 amide bonds. The molecule has 0 bridgehead atoms. The van der Waals surface area contributed by atoms with Crippen LogP contribution in [0.2, 0.25) is 0 Å². The number of thiophene rings is 1. The smallest absolute Gasteiger partial charge is 0.120 e. The molecule has 1 aromatic heterocycles. The molecule has 0 fully saturated rings. The Hall–Kier alpha value is -1.52. The van der Waals surface area contributed by atoms with Gasteiger partial charge in [0.25, 0.3) is 0 Å². The van der Waals surface area contributed by atoms with E-state index in [0.29, 0.717) is 12.6 Å². The van der Waals surface area contributed by atoms with Gasteiger partial charge in [0.15, 0.2) is 0 Å². The van der Waals surface area contributed by atoms with E-state index in [0.717, 1.165) is 18.0 Å². The first-order valence-electron chi connectivity index (χ1n) is 7.17. The number of aryl methyl sites for hydroxylation is 1. The van der Waals surface area contributed by atoms with Crippen molar-refractivity contribution < 1.29 is 9.47 Å². The maximum absolute atomic E-state index is 5.84. The third-order valence-electron chi connectivity index (χ3n) is 3.21. The number of ether oxygens (including phenoxy) is 2. The quantitative estimate of drug-likeness (QED) is 0.834. The lowest BCUT2D eigenvalue weighted by Crippen LogP contribution is -2.21. The van der Waals surface area contributed by atoms with Gasteiger partial charge in [0.05, 0.1) is 7.11 Å². The molecule has 1 heterocycles. The fourth-order valence-corrected chi connectivity index (χ4v) is 2.95. The van der Waals surface area contributed by atoms with Crippen LogP contribution in [0.1, 0.15) is 29.2 Å². The Morgan fingerprint density at radius 2 is 1.81 bits per heavy atom. The van der Waals surface area contributed by atoms with Crippen LogP contribution < -0.4 is 14.8 Å². The van der Waals surface area contributed by atoms with Crippen LogP contribution in [0.4, 0.5) is 0 Å². The third kappa shape index (κ3) is 4.76. The zero-order valence-electron chi connectivity index (χ0n) is 13.1. The summed E-state index contributed by atoms with van der Waals surface area (Å²) >= 11 is 1.84. The molecule has 0 saturated heterocycles. The van der Waals surface area contributed by atoms with Gasteiger partial charge in [0.1, 0.15) is 18.1 Å². The Balaban J connectivity index is 1.92. The predicted octanol–water partition coefficient (Wildman–Crippen LogP) is 4.14. The molecule has 4 heteroatoms. The molecule has 0 aliphatic carbocycles. The van der Waals surface area contributed by atoms with Crippen molar-refractivity contribution in [1.29, 1.82) is 0 Å². The Labute approximate surface area is 130 Å². The van der Waals surface area contributed by atoms with E-state index in [1.165, 1.54) is 15.3 Å². The molecule has 114 valence electrons. The molecular formula is C17H23NO2S. The summed E-state index contributed by atoms with van der Waals surface area (Å²) < 4.78 is 11.0. The van der Waals surface area contributed by atoms with Crippen LogP contribution >= 0.6 is 11.3 Å².